The third kappa shape index (κ3) is 4.91. The van der Waals surface area contributed by atoms with Gasteiger partial charge in [0.1, 0.15) is 0 Å². The lowest BCUT2D eigenvalue weighted by molar-refractivity contribution is -0.148. The Labute approximate surface area is 136 Å². The van der Waals surface area contributed by atoms with E-state index in [1.807, 2.05) is 18.2 Å². The molecular formula is C18H23NO4. The molecule has 0 spiro atoms. The molecule has 5 heteroatoms. The SMILES string of the molecule is COC(=O)C1CCN(C(=O)CCCC(=O)c2ccccc2)CC1. The molecule has 1 fully saturated rings. The van der Waals surface area contributed by atoms with Gasteiger partial charge in [0.15, 0.2) is 5.78 Å². The maximum absolute atomic E-state index is 12.2. The molecule has 0 N–H and O–H groups in total. The fraction of sp³-hybridized carbons (Fsp3) is 0.500. The number of amides is 1. The second kappa shape index (κ2) is 8.46. The number of ether oxygens (including phenoxy) is 1. The van der Waals surface area contributed by atoms with Gasteiger partial charge in [-0.25, -0.2) is 0 Å². The van der Waals surface area contributed by atoms with E-state index in [1.165, 1.54) is 7.11 Å². The highest BCUT2D eigenvalue weighted by Gasteiger charge is 2.27. The lowest BCUT2D eigenvalue weighted by Crippen LogP contribution is -2.40. The van der Waals surface area contributed by atoms with E-state index in [-0.39, 0.29) is 23.6 Å². The number of benzene rings is 1. The average Bonchev–Trinajstić information content (AvgIpc) is 2.61. The van der Waals surface area contributed by atoms with Crippen LogP contribution < -0.4 is 0 Å². The van der Waals surface area contributed by atoms with Crippen molar-refractivity contribution in [1.29, 1.82) is 0 Å². The second-order valence-electron chi connectivity index (χ2n) is 5.82. The van der Waals surface area contributed by atoms with Crippen molar-refractivity contribution in [3.05, 3.63) is 35.9 Å². The average molecular weight is 317 g/mol. The predicted molar refractivity (Wildman–Crippen MR) is 85.9 cm³/mol. The zero-order valence-corrected chi connectivity index (χ0v) is 13.5. The number of methoxy groups -OCH3 is 1. The zero-order chi connectivity index (χ0) is 16.7. The molecule has 1 aliphatic rings. The molecule has 0 bridgehead atoms. The van der Waals surface area contributed by atoms with Gasteiger partial charge in [-0.1, -0.05) is 30.3 Å². The first-order valence-electron chi connectivity index (χ1n) is 8.05. The molecule has 0 atom stereocenters. The number of hydrogen-bond donors (Lipinski definition) is 0. The number of carbonyl (C=O) groups is 3. The summed E-state index contributed by atoms with van der Waals surface area (Å²) in [5.74, 6) is -0.147. The Balaban J connectivity index is 1.70. The number of rotatable bonds is 6. The van der Waals surface area contributed by atoms with Crippen LogP contribution in [0.4, 0.5) is 0 Å². The van der Waals surface area contributed by atoms with Crippen LogP contribution in [0.25, 0.3) is 0 Å². The van der Waals surface area contributed by atoms with Crippen molar-refractivity contribution in [3.63, 3.8) is 0 Å². The molecule has 1 aromatic carbocycles. The topological polar surface area (TPSA) is 63.7 Å². The van der Waals surface area contributed by atoms with Gasteiger partial charge in [-0.3, -0.25) is 14.4 Å². The van der Waals surface area contributed by atoms with Crippen molar-refractivity contribution < 1.29 is 19.1 Å². The number of piperidine rings is 1. The van der Waals surface area contributed by atoms with Crippen LogP contribution in [0, 0.1) is 5.92 Å². The van der Waals surface area contributed by atoms with Crippen molar-refractivity contribution in [2.45, 2.75) is 32.1 Å². The molecular weight excluding hydrogens is 294 g/mol. The summed E-state index contributed by atoms with van der Waals surface area (Å²) in [7, 11) is 1.39. The molecule has 0 aromatic heterocycles. The molecule has 0 radical (unpaired) electrons. The van der Waals surface area contributed by atoms with E-state index in [4.69, 9.17) is 4.74 Å². The van der Waals surface area contributed by atoms with Crippen molar-refractivity contribution in [3.8, 4) is 0 Å². The third-order valence-electron chi connectivity index (χ3n) is 4.27. The van der Waals surface area contributed by atoms with Crippen LogP contribution >= 0.6 is 0 Å². The van der Waals surface area contributed by atoms with Gasteiger partial charge >= 0.3 is 5.97 Å². The Hall–Kier alpha value is -2.17. The third-order valence-corrected chi connectivity index (χ3v) is 4.27. The Morgan fingerprint density at radius 3 is 2.35 bits per heavy atom. The Morgan fingerprint density at radius 1 is 1.09 bits per heavy atom. The van der Waals surface area contributed by atoms with Gasteiger partial charge in [0.2, 0.25) is 5.91 Å². The maximum atomic E-state index is 12.2. The van der Waals surface area contributed by atoms with E-state index in [1.54, 1.807) is 17.0 Å². The number of ketones is 1. The van der Waals surface area contributed by atoms with Crippen molar-refractivity contribution >= 4 is 17.7 Å². The van der Waals surface area contributed by atoms with Crippen LogP contribution in [0.5, 0.6) is 0 Å². The highest BCUT2D eigenvalue weighted by molar-refractivity contribution is 5.96. The highest BCUT2D eigenvalue weighted by atomic mass is 16.5. The molecule has 1 amide bonds. The van der Waals surface area contributed by atoms with Crippen molar-refractivity contribution in [2.24, 2.45) is 5.92 Å². The Kier molecular flexibility index (Phi) is 6.32. The van der Waals surface area contributed by atoms with Crippen LogP contribution in [0.2, 0.25) is 0 Å². The van der Waals surface area contributed by atoms with Gasteiger partial charge in [-0.2, -0.15) is 0 Å². The highest BCUT2D eigenvalue weighted by Crippen LogP contribution is 2.19. The monoisotopic (exact) mass is 317 g/mol. The molecule has 2 rings (SSSR count). The summed E-state index contributed by atoms with van der Waals surface area (Å²) in [5.41, 5.74) is 0.693. The van der Waals surface area contributed by atoms with E-state index >= 15 is 0 Å². The molecule has 1 aliphatic heterocycles. The minimum absolute atomic E-state index is 0.0641. The van der Waals surface area contributed by atoms with Crippen LogP contribution in [0.15, 0.2) is 30.3 Å². The Bertz CT molecular complexity index is 547. The molecule has 124 valence electrons. The van der Waals surface area contributed by atoms with Crippen LogP contribution in [0.3, 0.4) is 0 Å². The molecule has 1 aromatic rings. The van der Waals surface area contributed by atoms with E-state index in [9.17, 15) is 14.4 Å². The van der Waals surface area contributed by atoms with Gasteiger partial charge in [0.25, 0.3) is 0 Å². The zero-order valence-electron chi connectivity index (χ0n) is 13.5. The largest absolute Gasteiger partial charge is 0.469 e. The Morgan fingerprint density at radius 2 is 1.74 bits per heavy atom. The summed E-state index contributed by atoms with van der Waals surface area (Å²) >= 11 is 0. The molecule has 1 saturated heterocycles. The summed E-state index contributed by atoms with van der Waals surface area (Å²) < 4.78 is 4.74. The number of hydrogen-bond acceptors (Lipinski definition) is 4. The smallest absolute Gasteiger partial charge is 0.308 e. The van der Waals surface area contributed by atoms with E-state index in [0.29, 0.717) is 50.8 Å². The molecule has 0 saturated carbocycles. The maximum Gasteiger partial charge on any atom is 0.308 e. The van der Waals surface area contributed by atoms with Gasteiger partial charge in [0, 0.05) is 31.5 Å². The number of likely N-dealkylation sites (tertiary alicyclic amines) is 1. The number of Topliss-reactive ketones (excluding diaryl/α,β-unsaturated/α-hetero) is 1. The van der Waals surface area contributed by atoms with Crippen molar-refractivity contribution in [2.75, 3.05) is 20.2 Å². The van der Waals surface area contributed by atoms with E-state index in [2.05, 4.69) is 0 Å². The van der Waals surface area contributed by atoms with E-state index < -0.39 is 0 Å². The van der Waals surface area contributed by atoms with Crippen LogP contribution in [-0.2, 0) is 14.3 Å². The minimum atomic E-state index is -0.189. The quantitative estimate of drug-likeness (QED) is 0.597. The van der Waals surface area contributed by atoms with Crippen molar-refractivity contribution in [1.82, 2.24) is 4.90 Å². The fourth-order valence-corrected chi connectivity index (χ4v) is 2.86. The predicted octanol–water partition coefficient (Wildman–Crippen LogP) is 2.45. The lowest BCUT2D eigenvalue weighted by Gasteiger charge is -2.30. The molecule has 0 aliphatic carbocycles. The van der Waals surface area contributed by atoms with Crippen LogP contribution in [0.1, 0.15) is 42.5 Å². The van der Waals surface area contributed by atoms with E-state index in [0.717, 1.165) is 0 Å². The summed E-state index contributed by atoms with van der Waals surface area (Å²) in [6.07, 6.45) is 2.63. The minimum Gasteiger partial charge on any atom is -0.469 e. The second-order valence-corrected chi connectivity index (χ2v) is 5.82. The lowest BCUT2D eigenvalue weighted by atomic mass is 9.96. The van der Waals surface area contributed by atoms with Gasteiger partial charge < -0.3 is 9.64 Å². The molecule has 23 heavy (non-hydrogen) atoms. The first-order chi connectivity index (χ1) is 11.1. The fourth-order valence-electron chi connectivity index (χ4n) is 2.86. The number of carbonyl (C=O) groups excluding carboxylic acids is 3. The summed E-state index contributed by atoms with van der Waals surface area (Å²) in [6.45, 7) is 1.18. The molecule has 5 nitrogen and oxygen atoms in total. The molecule has 0 unspecified atom stereocenters. The van der Waals surface area contributed by atoms with Gasteiger partial charge in [-0.05, 0) is 19.3 Å². The summed E-state index contributed by atoms with van der Waals surface area (Å²) in [6, 6.07) is 9.13. The standard InChI is InChI=1S/C18H23NO4/c1-23-18(22)15-10-12-19(13-11-15)17(21)9-5-8-16(20)14-6-3-2-4-7-14/h2-4,6-7,15H,5,8-13H2,1H3. The normalized spacial score (nSPS) is 15.3. The summed E-state index contributed by atoms with van der Waals surface area (Å²) in [4.78, 5) is 37.4. The first-order valence-corrected chi connectivity index (χ1v) is 8.05. The number of nitrogens with zero attached hydrogens (tertiary/aromatic N) is 1. The van der Waals surface area contributed by atoms with Crippen LogP contribution in [-0.4, -0.2) is 42.8 Å². The van der Waals surface area contributed by atoms with Gasteiger partial charge in [-0.15, -0.1) is 0 Å². The summed E-state index contributed by atoms with van der Waals surface area (Å²) in [5, 5.41) is 0. The number of esters is 1. The van der Waals surface area contributed by atoms with Gasteiger partial charge in [0.05, 0.1) is 13.0 Å². The first kappa shape index (κ1) is 17.2. The molecule has 1 heterocycles.